The van der Waals surface area contributed by atoms with Crippen LogP contribution in [0.25, 0.3) is 0 Å². The van der Waals surface area contributed by atoms with Crippen LogP contribution in [0.3, 0.4) is 0 Å². The molecule has 0 rings (SSSR count). The van der Waals surface area contributed by atoms with E-state index in [4.69, 9.17) is 0 Å². The second-order valence-electron chi connectivity index (χ2n) is 3.58. The average molecular weight is 321 g/mol. The monoisotopic (exact) mass is 320 g/mol. The molecule has 4 N–H and O–H groups in total. The molecule has 0 atom stereocenters. The van der Waals surface area contributed by atoms with Gasteiger partial charge in [0.15, 0.2) is 0 Å². The maximum Gasteiger partial charge on any atom is 0.523 e. The number of hydrogen-bond acceptors (Lipinski definition) is 8. The molecule has 0 aromatic rings. The first-order valence-corrected chi connectivity index (χ1v) is 11.2. The van der Waals surface area contributed by atoms with E-state index in [1.807, 2.05) is 6.26 Å². The van der Waals surface area contributed by atoms with Crippen molar-refractivity contribution in [3.8, 4) is 0 Å². The second-order valence-corrected chi connectivity index (χ2v) is 9.32. The van der Waals surface area contributed by atoms with Gasteiger partial charge in [0.2, 0.25) is 0 Å². The van der Waals surface area contributed by atoms with E-state index in [0.29, 0.717) is 18.6 Å². The highest BCUT2D eigenvalue weighted by Gasteiger charge is 2.40. The third-order valence-corrected chi connectivity index (χ3v) is 5.71. The van der Waals surface area contributed by atoms with E-state index in [9.17, 15) is 19.2 Å². The molecule has 0 spiro atoms. The number of hydrogen-bond donors (Lipinski definition) is 5. The van der Waals surface area contributed by atoms with E-state index in [-0.39, 0.29) is 12.1 Å². The number of rotatable bonds is 10. The van der Waals surface area contributed by atoms with E-state index in [0.717, 1.165) is 5.75 Å². The van der Waals surface area contributed by atoms with Gasteiger partial charge in [-0.3, -0.25) is 0 Å². The van der Waals surface area contributed by atoms with E-state index >= 15 is 0 Å². The van der Waals surface area contributed by atoms with Crippen molar-refractivity contribution >= 4 is 42.0 Å². The topological polar surface area (TPSA) is 99.4 Å². The number of thiol groups is 1. The Morgan fingerprint density at radius 2 is 1.47 bits per heavy atom. The minimum Gasteiger partial charge on any atom is -0.389 e. The molecule has 104 valence electrons. The Labute approximate surface area is 113 Å². The smallest absolute Gasteiger partial charge is 0.389 e. The lowest BCUT2D eigenvalue weighted by Gasteiger charge is -2.21. The number of thioether (sulfide) groups is 1. The molecular weight excluding hydrogens is 300 g/mol. The van der Waals surface area contributed by atoms with Crippen LogP contribution < -0.4 is 0 Å². The van der Waals surface area contributed by atoms with Gasteiger partial charge in [-0.25, -0.2) is 9.15 Å². The lowest BCUT2D eigenvalue weighted by molar-refractivity contribution is -0.194. The van der Waals surface area contributed by atoms with Crippen molar-refractivity contribution in [2.75, 3.05) is 17.8 Å². The van der Waals surface area contributed by atoms with Crippen molar-refractivity contribution < 1.29 is 28.3 Å². The van der Waals surface area contributed by atoms with Crippen LogP contribution in [0.2, 0.25) is 12.1 Å². The van der Waals surface area contributed by atoms with Crippen LogP contribution in [-0.2, 0) is 9.15 Å². The molecule has 0 unspecified atom stereocenters. The fraction of sp³-hybridized carbons (Fsp3) is 1.00. The summed E-state index contributed by atoms with van der Waals surface area (Å²) in [6.07, 6.45) is 2.95. The molecule has 0 bridgehead atoms. The summed E-state index contributed by atoms with van der Waals surface area (Å²) in [4.78, 5) is 37.7. The first-order chi connectivity index (χ1) is 7.83. The Morgan fingerprint density at radius 1 is 1.00 bits per heavy atom. The molecule has 0 amide bonds. The van der Waals surface area contributed by atoms with E-state index in [1.54, 1.807) is 11.8 Å². The van der Waals surface area contributed by atoms with Crippen LogP contribution in [0.1, 0.15) is 12.8 Å². The summed E-state index contributed by atoms with van der Waals surface area (Å²) in [6, 6.07) is 0.0939. The molecule has 0 aromatic carbocycles. The first-order valence-electron chi connectivity index (χ1n) is 5.19. The van der Waals surface area contributed by atoms with Gasteiger partial charge in [0.25, 0.3) is 0 Å². The first kappa shape index (κ1) is 17.9. The Balaban J connectivity index is 3.89. The summed E-state index contributed by atoms with van der Waals surface area (Å²) in [5.74, 6) is 1.27. The Kier molecular flexibility index (Phi) is 9.37. The van der Waals surface area contributed by atoms with Gasteiger partial charge in [-0.15, -0.1) is 0 Å². The van der Waals surface area contributed by atoms with Gasteiger partial charge < -0.3 is 19.2 Å². The van der Waals surface area contributed by atoms with Crippen LogP contribution in [0.4, 0.5) is 0 Å². The van der Waals surface area contributed by atoms with Crippen molar-refractivity contribution in [1.82, 2.24) is 0 Å². The van der Waals surface area contributed by atoms with Gasteiger partial charge in [-0.2, -0.15) is 24.4 Å². The predicted molar refractivity (Wildman–Crippen MR) is 73.6 cm³/mol. The van der Waals surface area contributed by atoms with Crippen LogP contribution in [-0.4, -0.2) is 54.6 Å². The van der Waals surface area contributed by atoms with Gasteiger partial charge >= 0.3 is 17.6 Å². The van der Waals surface area contributed by atoms with Crippen molar-refractivity contribution in [3.63, 3.8) is 0 Å². The fourth-order valence-electron chi connectivity index (χ4n) is 0.973. The largest absolute Gasteiger partial charge is 0.523 e. The highest BCUT2D eigenvalue weighted by Crippen LogP contribution is 2.15. The lowest BCUT2D eigenvalue weighted by atomic mass is 10.6. The van der Waals surface area contributed by atoms with E-state index in [1.165, 1.54) is 0 Å². The summed E-state index contributed by atoms with van der Waals surface area (Å²) in [5, 5.41) is 0. The lowest BCUT2D eigenvalue weighted by Crippen LogP contribution is -2.47. The Bertz CT molecular complexity index is 207. The Morgan fingerprint density at radius 3 is 1.88 bits per heavy atom. The van der Waals surface area contributed by atoms with Gasteiger partial charge in [-0.05, 0) is 30.6 Å². The normalized spacial score (nSPS) is 13.1. The fourth-order valence-corrected chi connectivity index (χ4v) is 4.63. The van der Waals surface area contributed by atoms with Gasteiger partial charge in [0, 0.05) is 12.1 Å². The zero-order chi connectivity index (χ0) is 13.4. The molecule has 0 radical (unpaired) electrons. The maximum atomic E-state index is 9.45. The summed E-state index contributed by atoms with van der Waals surface area (Å²) in [6.45, 7) is 0. The second kappa shape index (κ2) is 8.90. The van der Waals surface area contributed by atoms with Gasteiger partial charge in [0.1, 0.15) is 0 Å². The van der Waals surface area contributed by atoms with Gasteiger partial charge in [0.05, 0.1) is 0 Å². The summed E-state index contributed by atoms with van der Waals surface area (Å²) in [5.41, 5.74) is 0. The molecule has 0 heterocycles. The third-order valence-electron chi connectivity index (χ3n) is 1.82. The summed E-state index contributed by atoms with van der Waals surface area (Å²) in [7, 11) is -7.87. The molecule has 0 aromatic heterocycles. The van der Waals surface area contributed by atoms with E-state index in [2.05, 4.69) is 21.8 Å². The minimum atomic E-state index is -3.94. The van der Waals surface area contributed by atoms with Crippen LogP contribution in [0, 0.1) is 0 Å². The zero-order valence-corrected chi connectivity index (χ0v) is 13.4. The van der Waals surface area contributed by atoms with Crippen molar-refractivity contribution in [2.24, 2.45) is 0 Å². The SMILES string of the molecule is CSCCC[Si](O)(O)OO[Si](O)(O)CCCS. The molecule has 17 heavy (non-hydrogen) atoms. The van der Waals surface area contributed by atoms with Crippen LogP contribution in [0.5, 0.6) is 0 Å². The summed E-state index contributed by atoms with van der Waals surface area (Å²) < 4.78 is 8.81. The minimum absolute atomic E-state index is 0.0196. The highest BCUT2D eigenvalue weighted by molar-refractivity contribution is 7.98. The molecule has 0 saturated heterocycles. The molecule has 0 aliphatic rings. The maximum absolute atomic E-state index is 9.45. The van der Waals surface area contributed by atoms with Crippen LogP contribution >= 0.6 is 24.4 Å². The predicted octanol–water partition coefficient (Wildman–Crippen LogP) is -0.145. The molecule has 0 saturated carbocycles. The van der Waals surface area contributed by atoms with Crippen LogP contribution in [0.15, 0.2) is 0 Å². The quantitative estimate of drug-likeness (QED) is 0.126. The third kappa shape index (κ3) is 10.5. The molecule has 6 nitrogen and oxygen atoms in total. The molecule has 0 aliphatic carbocycles. The van der Waals surface area contributed by atoms with Gasteiger partial charge in [-0.1, -0.05) is 0 Å². The summed E-state index contributed by atoms with van der Waals surface area (Å²) >= 11 is 5.51. The zero-order valence-electron chi connectivity index (χ0n) is 9.70. The van der Waals surface area contributed by atoms with E-state index < -0.39 is 17.6 Å². The van der Waals surface area contributed by atoms with Crippen molar-refractivity contribution in [2.45, 2.75) is 24.9 Å². The van der Waals surface area contributed by atoms with Crippen molar-refractivity contribution in [3.05, 3.63) is 0 Å². The average Bonchev–Trinajstić information content (AvgIpc) is 2.25. The highest BCUT2D eigenvalue weighted by atomic mass is 32.2. The molecular formula is C7H20O6S2Si2. The van der Waals surface area contributed by atoms with Crippen molar-refractivity contribution in [1.29, 1.82) is 0 Å². The molecule has 0 aliphatic heterocycles. The molecule has 0 fully saturated rings. The molecule has 10 heteroatoms. The standard InChI is InChI=1S/C7H20O6S2Si2/c1-15-5-3-7-17(10,11)13-12-16(8,9)6-2-4-14/h8-11,14H,2-7H2,1H3. The Hall–Kier alpha value is 0.894.